The molecule has 1 aromatic carbocycles. The molecule has 4 heteroatoms. The van der Waals surface area contributed by atoms with Crippen LogP contribution in [0.1, 0.15) is 15.9 Å². The third-order valence-electron chi connectivity index (χ3n) is 2.07. The van der Waals surface area contributed by atoms with Crippen molar-refractivity contribution in [2.45, 2.75) is 0 Å². The zero-order chi connectivity index (χ0) is 10.1. The summed E-state index contributed by atoms with van der Waals surface area (Å²) in [6, 6.07) is 3.48. The van der Waals surface area contributed by atoms with Gasteiger partial charge in [-0.15, -0.1) is 0 Å². The Balaban J connectivity index is 2.63. The van der Waals surface area contributed by atoms with Crippen molar-refractivity contribution in [1.82, 2.24) is 0 Å². The molecule has 0 fully saturated rings. The van der Waals surface area contributed by atoms with E-state index in [4.69, 9.17) is 14.2 Å². The van der Waals surface area contributed by atoms with Gasteiger partial charge in [-0.1, -0.05) is 6.07 Å². The number of cyclic esters (lactones) is 1. The molecule has 0 saturated heterocycles. The average molecular weight is 193 g/mol. The molecule has 73 valence electrons. The maximum absolute atomic E-state index is 11.3. The van der Waals surface area contributed by atoms with E-state index in [1.165, 1.54) is 20.8 Å². The summed E-state index contributed by atoms with van der Waals surface area (Å²) in [5.41, 5.74) is 1.14. The van der Waals surface area contributed by atoms with Crippen molar-refractivity contribution < 1.29 is 19.0 Å². The summed E-state index contributed by atoms with van der Waals surface area (Å²) in [6.07, 6.45) is 0. The second-order valence-electron chi connectivity index (χ2n) is 2.79. The first-order chi connectivity index (χ1) is 6.77. The highest BCUT2D eigenvalue weighted by molar-refractivity contribution is 5.98. The Bertz CT molecular complexity index is 384. The summed E-state index contributed by atoms with van der Waals surface area (Å²) in [4.78, 5) is 11.3. The van der Waals surface area contributed by atoms with Gasteiger partial charge in [0.05, 0.1) is 14.2 Å². The number of hydrogen-bond donors (Lipinski definition) is 0. The van der Waals surface area contributed by atoms with Crippen LogP contribution in [0.2, 0.25) is 0 Å². The Morgan fingerprint density at radius 2 is 2.00 bits per heavy atom. The van der Waals surface area contributed by atoms with Gasteiger partial charge in [-0.3, -0.25) is 0 Å². The third kappa shape index (κ3) is 1.11. The highest BCUT2D eigenvalue weighted by atomic mass is 16.5. The van der Waals surface area contributed by atoms with Crippen LogP contribution in [0.15, 0.2) is 12.1 Å². The number of carbonyl (C=O) groups excluding carboxylic acids is 1. The molecule has 14 heavy (non-hydrogen) atoms. The quantitative estimate of drug-likeness (QED) is 0.665. The van der Waals surface area contributed by atoms with E-state index in [0.717, 1.165) is 0 Å². The minimum absolute atomic E-state index is 0.407. The summed E-state index contributed by atoms with van der Waals surface area (Å²) < 4.78 is 14.9. The molecule has 0 aromatic heterocycles. The van der Waals surface area contributed by atoms with E-state index < -0.39 is 5.97 Å². The van der Waals surface area contributed by atoms with Gasteiger partial charge in [0.2, 0.25) is 0 Å². The highest BCUT2D eigenvalue weighted by Crippen LogP contribution is 2.37. The number of carbonyl (C=O) groups is 1. The topological polar surface area (TPSA) is 44.8 Å². The molecule has 0 saturated carbocycles. The van der Waals surface area contributed by atoms with Gasteiger partial charge in [0, 0.05) is 5.56 Å². The number of ether oxygens (including phenoxy) is 3. The summed E-state index contributed by atoms with van der Waals surface area (Å²) in [6.45, 7) is 1.40. The fourth-order valence-corrected chi connectivity index (χ4v) is 1.43. The van der Waals surface area contributed by atoms with Gasteiger partial charge in [-0.05, 0) is 6.07 Å². The van der Waals surface area contributed by atoms with E-state index >= 15 is 0 Å². The van der Waals surface area contributed by atoms with E-state index in [9.17, 15) is 4.79 Å². The fourth-order valence-electron chi connectivity index (χ4n) is 1.43. The smallest absolute Gasteiger partial charge is 0.343 e. The van der Waals surface area contributed by atoms with Gasteiger partial charge in [0.25, 0.3) is 0 Å². The SMILES string of the molecule is COc1ccc2c(c1OC)C(=O)O[CH]2. The number of rotatable bonds is 2. The van der Waals surface area contributed by atoms with Crippen molar-refractivity contribution in [3.63, 3.8) is 0 Å². The molecule has 0 aliphatic carbocycles. The van der Waals surface area contributed by atoms with Crippen LogP contribution in [0.25, 0.3) is 0 Å². The predicted molar refractivity (Wildman–Crippen MR) is 48.4 cm³/mol. The van der Waals surface area contributed by atoms with Crippen molar-refractivity contribution in [2.24, 2.45) is 0 Å². The predicted octanol–water partition coefficient (Wildman–Crippen LogP) is 1.38. The van der Waals surface area contributed by atoms with Crippen LogP contribution in [0, 0.1) is 6.61 Å². The van der Waals surface area contributed by atoms with Crippen LogP contribution in [-0.4, -0.2) is 20.2 Å². The maximum Gasteiger partial charge on any atom is 0.343 e. The fraction of sp³-hybridized carbons (Fsp3) is 0.200. The molecule has 0 atom stereocenters. The minimum atomic E-state index is -0.407. The number of hydrogen-bond acceptors (Lipinski definition) is 4. The Kier molecular flexibility index (Phi) is 2.04. The molecule has 2 rings (SSSR count). The van der Waals surface area contributed by atoms with E-state index in [1.54, 1.807) is 12.1 Å². The van der Waals surface area contributed by atoms with Crippen molar-refractivity contribution in [2.75, 3.05) is 14.2 Å². The van der Waals surface area contributed by atoms with E-state index in [2.05, 4.69) is 0 Å². The van der Waals surface area contributed by atoms with Crippen molar-refractivity contribution >= 4 is 5.97 Å². The van der Waals surface area contributed by atoms with Crippen LogP contribution >= 0.6 is 0 Å². The molecule has 1 aliphatic heterocycles. The maximum atomic E-state index is 11.3. The molecule has 1 aliphatic rings. The van der Waals surface area contributed by atoms with Gasteiger partial charge < -0.3 is 14.2 Å². The molecule has 1 aromatic rings. The Morgan fingerprint density at radius 3 is 2.64 bits per heavy atom. The number of benzene rings is 1. The minimum Gasteiger partial charge on any atom is -0.493 e. The largest absolute Gasteiger partial charge is 0.493 e. The molecule has 0 bridgehead atoms. The summed E-state index contributed by atoms with van der Waals surface area (Å²) >= 11 is 0. The normalized spacial score (nSPS) is 13.4. The molecule has 1 radical (unpaired) electrons. The van der Waals surface area contributed by atoms with E-state index in [1.807, 2.05) is 0 Å². The van der Waals surface area contributed by atoms with E-state index in [0.29, 0.717) is 22.6 Å². The lowest BCUT2D eigenvalue weighted by Crippen LogP contribution is -2.00. The molecule has 0 unspecified atom stereocenters. The van der Waals surface area contributed by atoms with Gasteiger partial charge in [0.15, 0.2) is 18.1 Å². The second-order valence-corrected chi connectivity index (χ2v) is 2.79. The molecule has 0 amide bonds. The van der Waals surface area contributed by atoms with Gasteiger partial charge in [-0.2, -0.15) is 0 Å². The lowest BCUT2D eigenvalue weighted by Gasteiger charge is -2.09. The zero-order valence-electron chi connectivity index (χ0n) is 7.87. The van der Waals surface area contributed by atoms with Crippen LogP contribution in [0.4, 0.5) is 0 Å². The first-order valence-electron chi connectivity index (χ1n) is 4.07. The number of fused-ring (bicyclic) bond motifs is 1. The van der Waals surface area contributed by atoms with Crippen molar-refractivity contribution in [3.8, 4) is 11.5 Å². The monoisotopic (exact) mass is 193 g/mol. The standard InChI is InChI=1S/C10H9O4/c1-12-7-4-3-6-5-14-10(11)8(6)9(7)13-2/h3-5H,1-2H3. The van der Waals surface area contributed by atoms with Crippen molar-refractivity contribution in [1.29, 1.82) is 0 Å². The van der Waals surface area contributed by atoms with E-state index in [-0.39, 0.29) is 0 Å². The molecule has 0 spiro atoms. The lowest BCUT2D eigenvalue weighted by atomic mass is 10.1. The molecular formula is C10H9O4. The van der Waals surface area contributed by atoms with Gasteiger partial charge >= 0.3 is 5.97 Å². The van der Waals surface area contributed by atoms with Crippen LogP contribution in [0.3, 0.4) is 0 Å². The molecule has 0 N–H and O–H groups in total. The van der Waals surface area contributed by atoms with Crippen molar-refractivity contribution in [3.05, 3.63) is 29.9 Å². The molecule has 4 nitrogen and oxygen atoms in total. The zero-order valence-corrected chi connectivity index (χ0v) is 7.87. The van der Waals surface area contributed by atoms with Crippen LogP contribution in [0.5, 0.6) is 11.5 Å². The van der Waals surface area contributed by atoms with Crippen LogP contribution < -0.4 is 9.47 Å². The first kappa shape index (κ1) is 8.87. The summed E-state index contributed by atoms with van der Waals surface area (Å²) in [5, 5.41) is 0. The van der Waals surface area contributed by atoms with Gasteiger partial charge in [-0.25, -0.2) is 4.79 Å². The molecular weight excluding hydrogens is 184 g/mol. The Labute approximate surface area is 81.4 Å². The first-order valence-corrected chi connectivity index (χ1v) is 4.07. The Hall–Kier alpha value is -1.71. The van der Waals surface area contributed by atoms with Gasteiger partial charge in [0.1, 0.15) is 5.56 Å². The Morgan fingerprint density at radius 1 is 1.21 bits per heavy atom. The summed E-state index contributed by atoms with van der Waals surface area (Å²) in [7, 11) is 3.01. The third-order valence-corrected chi connectivity index (χ3v) is 2.07. The molecule has 1 heterocycles. The summed E-state index contributed by atoms with van der Waals surface area (Å²) in [5.74, 6) is 0.540. The highest BCUT2D eigenvalue weighted by Gasteiger charge is 2.28. The lowest BCUT2D eigenvalue weighted by molar-refractivity contribution is 0.0654. The average Bonchev–Trinajstić information content (AvgIpc) is 2.59. The van der Waals surface area contributed by atoms with Crippen LogP contribution in [-0.2, 0) is 4.74 Å². The number of methoxy groups -OCH3 is 2. The number of esters is 1. The second kappa shape index (κ2) is 3.21.